The second kappa shape index (κ2) is 7.36. The summed E-state index contributed by atoms with van der Waals surface area (Å²) in [6.45, 7) is 1.42. The van der Waals surface area contributed by atoms with E-state index in [9.17, 15) is 9.59 Å². The molecule has 2 aromatic carbocycles. The van der Waals surface area contributed by atoms with Gasteiger partial charge in [0.15, 0.2) is 0 Å². The number of carbonyl (C=O) groups excluding carboxylic acids is 2. The SMILES string of the molecule is CC(=O)NC(CC(=O)Nc1ccc2cn[nH]c2c1)c1cccc(Cl)c1. The van der Waals surface area contributed by atoms with Crippen molar-refractivity contribution in [2.45, 2.75) is 19.4 Å². The van der Waals surface area contributed by atoms with Crippen molar-refractivity contribution in [3.05, 3.63) is 59.2 Å². The van der Waals surface area contributed by atoms with Gasteiger partial charge in [0.1, 0.15) is 0 Å². The minimum Gasteiger partial charge on any atom is -0.349 e. The van der Waals surface area contributed by atoms with Crippen LogP contribution in [0.5, 0.6) is 0 Å². The van der Waals surface area contributed by atoms with Crippen LogP contribution in [-0.2, 0) is 9.59 Å². The second-order valence-corrected chi connectivity index (χ2v) is 6.17. The third-order valence-corrected chi connectivity index (χ3v) is 3.98. The van der Waals surface area contributed by atoms with Gasteiger partial charge in [0.2, 0.25) is 11.8 Å². The molecule has 3 N–H and O–H groups in total. The van der Waals surface area contributed by atoms with Crippen molar-refractivity contribution in [1.82, 2.24) is 15.5 Å². The van der Waals surface area contributed by atoms with Gasteiger partial charge in [0, 0.05) is 23.0 Å². The highest BCUT2D eigenvalue weighted by molar-refractivity contribution is 6.30. The zero-order valence-electron chi connectivity index (χ0n) is 13.5. The molecule has 128 valence electrons. The van der Waals surface area contributed by atoms with Crippen molar-refractivity contribution < 1.29 is 9.59 Å². The van der Waals surface area contributed by atoms with Crippen LogP contribution in [0.25, 0.3) is 10.9 Å². The molecular formula is C18H17ClN4O2. The number of benzene rings is 2. The Morgan fingerprint density at radius 3 is 2.84 bits per heavy atom. The van der Waals surface area contributed by atoms with Crippen LogP contribution in [-0.4, -0.2) is 22.0 Å². The summed E-state index contributed by atoms with van der Waals surface area (Å²) in [7, 11) is 0. The van der Waals surface area contributed by atoms with Gasteiger partial charge in [-0.15, -0.1) is 0 Å². The fourth-order valence-corrected chi connectivity index (χ4v) is 2.83. The van der Waals surface area contributed by atoms with E-state index >= 15 is 0 Å². The smallest absolute Gasteiger partial charge is 0.226 e. The van der Waals surface area contributed by atoms with Crippen LogP contribution in [0.15, 0.2) is 48.7 Å². The lowest BCUT2D eigenvalue weighted by molar-refractivity contribution is -0.120. The van der Waals surface area contributed by atoms with Crippen molar-refractivity contribution >= 4 is 40.0 Å². The standard InChI is InChI=1S/C18H17ClN4O2/c1-11(24)21-16(12-3-2-4-14(19)7-12)9-18(25)22-15-6-5-13-10-20-23-17(13)8-15/h2-8,10,16H,9H2,1H3,(H,20,23)(H,21,24)(H,22,25). The molecule has 3 aromatic rings. The average molecular weight is 357 g/mol. The number of fused-ring (bicyclic) bond motifs is 1. The van der Waals surface area contributed by atoms with Gasteiger partial charge in [0.05, 0.1) is 24.2 Å². The fraction of sp³-hybridized carbons (Fsp3) is 0.167. The molecule has 0 fully saturated rings. The maximum atomic E-state index is 12.4. The third-order valence-electron chi connectivity index (χ3n) is 3.74. The Morgan fingerprint density at radius 2 is 2.08 bits per heavy atom. The molecule has 2 amide bonds. The summed E-state index contributed by atoms with van der Waals surface area (Å²) in [5.41, 5.74) is 2.28. The molecule has 0 saturated carbocycles. The summed E-state index contributed by atoms with van der Waals surface area (Å²) in [5.74, 6) is -0.422. The first-order valence-electron chi connectivity index (χ1n) is 7.77. The van der Waals surface area contributed by atoms with E-state index < -0.39 is 6.04 Å². The lowest BCUT2D eigenvalue weighted by atomic mass is 10.0. The highest BCUT2D eigenvalue weighted by atomic mass is 35.5. The summed E-state index contributed by atoms with van der Waals surface area (Å²) >= 11 is 6.01. The highest BCUT2D eigenvalue weighted by Crippen LogP contribution is 2.22. The first kappa shape index (κ1) is 17.0. The lowest BCUT2D eigenvalue weighted by Crippen LogP contribution is -2.29. The van der Waals surface area contributed by atoms with Gasteiger partial charge in [-0.3, -0.25) is 14.7 Å². The van der Waals surface area contributed by atoms with Gasteiger partial charge < -0.3 is 10.6 Å². The average Bonchev–Trinajstić information content (AvgIpc) is 3.01. The predicted molar refractivity (Wildman–Crippen MR) is 97.4 cm³/mol. The Labute approximate surface area is 149 Å². The van der Waals surface area contributed by atoms with E-state index in [2.05, 4.69) is 20.8 Å². The van der Waals surface area contributed by atoms with Gasteiger partial charge >= 0.3 is 0 Å². The number of aromatic amines is 1. The Bertz CT molecular complexity index is 922. The molecule has 6 nitrogen and oxygen atoms in total. The van der Waals surface area contributed by atoms with Crippen molar-refractivity contribution in [2.75, 3.05) is 5.32 Å². The zero-order valence-corrected chi connectivity index (χ0v) is 14.3. The topological polar surface area (TPSA) is 86.9 Å². The summed E-state index contributed by atoms with van der Waals surface area (Å²) in [6.07, 6.45) is 1.81. The summed E-state index contributed by atoms with van der Waals surface area (Å²) < 4.78 is 0. The number of amides is 2. The largest absolute Gasteiger partial charge is 0.349 e. The number of rotatable bonds is 5. The van der Waals surface area contributed by atoms with E-state index in [1.54, 1.807) is 24.4 Å². The monoisotopic (exact) mass is 356 g/mol. The second-order valence-electron chi connectivity index (χ2n) is 5.73. The van der Waals surface area contributed by atoms with Gasteiger partial charge in [-0.1, -0.05) is 23.7 Å². The van der Waals surface area contributed by atoms with Crippen LogP contribution < -0.4 is 10.6 Å². The Hall–Kier alpha value is -2.86. The van der Waals surface area contributed by atoms with Crippen molar-refractivity contribution in [2.24, 2.45) is 0 Å². The molecule has 3 rings (SSSR count). The number of carbonyl (C=O) groups is 2. The molecule has 0 aliphatic carbocycles. The Balaban J connectivity index is 1.74. The van der Waals surface area contributed by atoms with Crippen LogP contribution in [0.2, 0.25) is 5.02 Å². The van der Waals surface area contributed by atoms with E-state index in [0.29, 0.717) is 10.7 Å². The molecule has 0 bridgehead atoms. The quantitative estimate of drug-likeness (QED) is 0.654. The van der Waals surface area contributed by atoms with Crippen LogP contribution in [0.1, 0.15) is 24.9 Å². The lowest BCUT2D eigenvalue weighted by Gasteiger charge is -2.18. The van der Waals surface area contributed by atoms with Gasteiger partial charge in [-0.25, -0.2) is 0 Å². The van der Waals surface area contributed by atoms with Gasteiger partial charge in [0.25, 0.3) is 0 Å². The molecule has 1 unspecified atom stereocenters. The minimum atomic E-state index is -0.452. The van der Waals surface area contributed by atoms with E-state index in [-0.39, 0.29) is 18.2 Å². The molecule has 0 radical (unpaired) electrons. The third kappa shape index (κ3) is 4.36. The highest BCUT2D eigenvalue weighted by Gasteiger charge is 2.17. The number of halogens is 1. The van der Waals surface area contributed by atoms with Gasteiger partial charge in [-0.2, -0.15) is 5.10 Å². The molecule has 7 heteroatoms. The predicted octanol–water partition coefficient (Wildman–Crippen LogP) is 3.42. The normalized spacial score (nSPS) is 11.9. The van der Waals surface area contributed by atoms with Crippen LogP contribution >= 0.6 is 11.6 Å². The molecule has 25 heavy (non-hydrogen) atoms. The maximum Gasteiger partial charge on any atom is 0.226 e. The van der Waals surface area contributed by atoms with E-state index in [1.807, 2.05) is 24.3 Å². The van der Waals surface area contributed by atoms with Crippen molar-refractivity contribution in [3.8, 4) is 0 Å². The first-order chi connectivity index (χ1) is 12.0. The van der Waals surface area contributed by atoms with Crippen molar-refractivity contribution in [3.63, 3.8) is 0 Å². The van der Waals surface area contributed by atoms with Crippen LogP contribution in [0, 0.1) is 0 Å². The molecule has 1 atom stereocenters. The number of hydrogen-bond acceptors (Lipinski definition) is 3. The molecule has 0 aliphatic rings. The number of aromatic nitrogens is 2. The van der Waals surface area contributed by atoms with Crippen LogP contribution in [0.3, 0.4) is 0 Å². The Morgan fingerprint density at radius 1 is 1.24 bits per heavy atom. The summed E-state index contributed by atoms with van der Waals surface area (Å²) in [6, 6.07) is 12.1. The maximum absolute atomic E-state index is 12.4. The van der Waals surface area contributed by atoms with E-state index in [1.165, 1.54) is 6.92 Å². The van der Waals surface area contributed by atoms with Gasteiger partial charge in [-0.05, 0) is 35.9 Å². The molecular weight excluding hydrogens is 340 g/mol. The zero-order chi connectivity index (χ0) is 17.8. The number of hydrogen-bond donors (Lipinski definition) is 3. The molecule has 0 spiro atoms. The molecule has 1 aromatic heterocycles. The Kier molecular flexibility index (Phi) is 5.00. The van der Waals surface area contributed by atoms with Crippen molar-refractivity contribution in [1.29, 1.82) is 0 Å². The minimum absolute atomic E-state index is 0.0982. The molecule has 0 aliphatic heterocycles. The molecule has 1 heterocycles. The molecule has 0 saturated heterocycles. The number of nitrogens with one attached hydrogen (secondary N) is 3. The summed E-state index contributed by atoms with van der Waals surface area (Å²) in [4.78, 5) is 23.9. The van der Waals surface area contributed by atoms with E-state index in [4.69, 9.17) is 11.6 Å². The number of H-pyrrole nitrogens is 1. The first-order valence-corrected chi connectivity index (χ1v) is 8.14. The van der Waals surface area contributed by atoms with E-state index in [0.717, 1.165) is 16.5 Å². The summed E-state index contributed by atoms with van der Waals surface area (Å²) in [5, 5.41) is 14.0. The number of nitrogens with zero attached hydrogens (tertiary/aromatic N) is 1. The fourth-order valence-electron chi connectivity index (χ4n) is 2.63. The number of anilines is 1. The van der Waals surface area contributed by atoms with Crippen LogP contribution in [0.4, 0.5) is 5.69 Å².